The SMILES string of the molecule is CCCOc1cncc(-c2ccc3[nH]c(C)nc3n2)c1. The van der Waals surface area contributed by atoms with Crippen LogP contribution >= 0.6 is 0 Å². The molecule has 0 saturated carbocycles. The number of pyridine rings is 2. The van der Waals surface area contributed by atoms with E-state index >= 15 is 0 Å². The largest absolute Gasteiger partial charge is 0.492 e. The third-order valence-corrected chi connectivity index (χ3v) is 2.95. The standard InChI is InChI=1S/C15H16N4O/c1-3-6-20-12-7-11(8-16-9-12)13-4-5-14-15(19-13)18-10(2)17-14/h4-5,7-9H,3,6H2,1-2H3,(H,17,18,19). The minimum Gasteiger partial charge on any atom is -0.492 e. The Labute approximate surface area is 117 Å². The molecule has 0 amide bonds. The Bertz CT molecular complexity index is 736. The van der Waals surface area contributed by atoms with Gasteiger partial charge in [-0.15, -0.1) is 0 Å². The molecule has 0 radical (unpaired) electrons. The number of aromatic nitrogens is 4. The first-order chi connectivity index (χ1) is 9.76. The Balaban J connectivity index is 1.97. The Morgan fingerprint density at radius 2 is 2.10 bits per heavy atom. The van der Waals surface area contributed by atoms with E-state index in [1.165, 1.54) is 0 Å². The van der Waals surface area contributed by atoms with Crippen LogP contribution < -0.4 is 4.74 Å². The van der Waals surface area contributed by atoms with E-state index in [4.69, 9.17) is 4.74 Å². The Morgan fingerprint density at radius 1 is 1.20 bits per heavy atom. The molecule has 3 rings (SSSR count). The molecule has 0 saturated heterocycles. The first-order valence-corrected chi connectivity index (χ1v) is 6.68. The minimum atomic E-state index is 0.691. The molecule has 0 fully saturated rings. The molecular weight excluding hydrogens is 252 g/mol. The summed E-state index contributed by atoms with van der Waals surface area (Å²) in [5.41, 5.74) is 3.44. The first-order valence-electron chi connectivity index (χ1n) is 6.68. The maximum atomic E-state index is 5.60. The summed E-state index contributed by atoms with van der Waals surface area (Å²) in [5, 5.41) is 0. The molecule has 102 valence electrons. The van der Waals surface area contributed by atoms with Gasteiger partial charge < -0.3 is 9.72 Å². The van der Waals surface area contributed by atoms with Gasteiger partial charge in [-0.25, -0.2) is 9.97 Å². The van der Waals surface area contributed by atoms with Crippen LogP contribution in [0.5, 0.6) is 5.75 Å². The predicted molar refractivity (Wildman–Crippen MR) is 77.6 cm³/mol. The van der Waals surface area contributed by atoms with Crippen LogP contribution in [0.15, 0.2) is 30.6 Å². The lowest BCUT2D eigenvalue weighted by molar-refractivity contribution is 0.316. The molecule has 0 aliphatic heterocycles. The Kier molecular flexibility index (Phi) is 3.33. The number of nitrogens with zero attached hydrogens (tertiary/aromatic N) is 3. The van der Waals surface area contributed by atoms with Crippen LogP contribution in [0, 0.1) is 6.92 Å². The number of H-pyrrole nitrogens is 1. The molecule has 0 atom stereocenters. The highest BCUT2D eigenvalue weighted by atomic mass is 16.5. The topological polar surface area (TPSA) is 63.7 Å². The second-order valence-corrected chi connectivity index (χ2v) is 4.65. The van der Waals surface area contributed by atoms with E-state index < -0.39 is 0 Å². The van der Waals surface area contributed by atoms with Crippen molar-refractivity contribution in [2.24, 2.45) is 0 Å². The molecule has 0 spiro atoms. The van der Waals surface area contributed by atoms with Crippen molar-refractivity contribution in [2.75, 3.05) is 6.61 Å². The molecule has 0 aliphatic rings. The van der Waals surface area contributed by atoms with E-state index in [1.54, 1.807) is 12.4 Å². The molecule has 3 heterocycles. The summed E-state index contributed by atoms with van der Waals surface area (Å²) >= 11 is 0. The van der Waals surface area contributed by atoms with Crippen molar-refractivity contribution in [1.29, 1.82) is 0 Å². The number of fused-ring (bicyclic) bond motifs is 1. The van der Waals surface area contributed by atoms with Crippen LogP contribution in [0.4, 0.5) is 0 Å². The van der Waals surface area contributed by atoms with E-state index in [0.29, 0.717) is 6.61 Å². The molecular formula is C15H16N4O. The number of hydrogen-bond acceptors (Lipinski definition) is 4. The van der Waals surface area contributed by atoms with Crippen molar-refractivity contribution >= 4 is 11.2 Å². The molecule has 5 heteroatoms. The maximum Gasteiger partial charge on any atom is 0.178 e. The van der Waals surface area contributed by atoms with Crippen LogP contribution in [0.3, 0.4) is 0 Å². The van der Waals surface area contributed by atoms with E-state index in [2.05, 4.69) is 26.9 Å². The quantitative estimate of drug-likeness (QED) is 0.789. The molecule has 3 aromatic heterocycles. The third-order valence-electron chi connectivity index (χ3n) is 2.95. The summed E-state index contributed by atoms with van der Waals surface area (Å²) in [6.45, 7) is 4.69. The number of nitrogens with one attached hydrogen (secondary N) is 1. The first kappa shape index (κ1) is 12.6. The highest BCUT2D eigenvalue weighted by Gasteiger charge is 2.06. The van der Waals surface area contributed by atoms with Crippen molar-refractivity contribution in [2.45, 2.75) is 20.3 Å². The molecule has 0 aromatic carbocycles. The fourth-order valence-corrected chi connectivity index (χ4v) is 2.03. The predicted octanol–water partition coefficient (Wildman–Crippen LogP) is 3.12. The van der Waals surface area contributed by atoms with Gasteiger partial charge in [-0.05, 0) is 31.5 Å². The second-order valence-electron chi connectivity index (χ2n) is 4.65. The van der Waals surface area contributed by atoms with Gasteiger partial charge in [-0.3, -0.25) is 4.98 Å². The summed E-state index contributed by atoms with van der Waals surface area (Å²) in [6, 6.07) is 5.90. The van der Waals surface area contributed by atoms with E-state index in [9.17, 15) is 0 Å². The lowest BCUT2D eigenvalue weighted by Gasteiger charge is -2.06. The van der Waals surface area contributed by atoms with Gasteiger partial charge in [0.05, 0.1) is 24.0 Å². The van der Waals surface area contributed by atoms with Gasteiger partial charge in [0.1, 0.15) is 11.6 Å². The molecule has 5 nitrogen and oxygen atoms in total. The van der Waals surface area contributed by atoms with Crippen LogP contribution in [0.1, 0.15) is 19.2 Å². The molecule has 1 N–H and O–H groups in total. The van der Waals surface area contributed by atoms with Crippen LogP contribution in [-0.2, 0) is 0 Å². The van der Waals surface area contributed by atoms with Crippen molar-refractivity contribution in [1.82, 2.24) is 19.9 Å². The highest BCUT2D eigenvalue weighted by Crippen LogP contribution is 2.22. The van der Waals surface area contributed by atoms with Crippen LogP contribution in [0.25, 0.3) is 22.4 Å². The highest BCUT2D eigenvalue weighted by molar-refractivity contribution is 5.75. The lowest BCUT2D eigenvalue weighted by Crippen LogP contribution is -1.96. The number of hydrogen-bond donors (Lipinski definition) is 1. The zero-order valence-corrected chi connectivity index (χ0v) is 11.6. The van der Waals surface area contributed by atoms with E-state index in [0.717, 1.165) is 40.4 Å². The molecule has 3 aromatic rings. The van der Waals surface area contributed by atoms with Crippen molar-refractivity contribution in [3.63, 3.8) is 0 Å². The lowest BCUT2D eigenvalue weighted by atomic mass is 10.2. The van der Waals surface area contributed by atoms with Crippen LogP contribution in [-0.4, -0.2) is 26.5 Å². The van der Waals surface area contributed by atoms with Crippen LogP contribution in [0.2, 0.25) is 0 Å². The van der Waals surface area contributed by atoms with Gasteiger partial charge in [0.25, 0.3) is 0 Å². The fraction of sp³-hybridized carbons (Fsp3) is 0.267. The smallest absolute Gasteiger partial charge is 0.178 e. The number of aryl methyl sites for hydroxylation is 1. The van der Waals surface area contributed by atoms with E-state index in [-0.39, 0.29) is 0 Å². The summed E-state index contributed by atoms with van der Waals surface area (Å²) in [4.78, 5) is 16.3. The summed E-state index contributed by atoms with van der Waals surface area (Å²) in [6.07, 6.45) is 4.48. The normalized spacial score (nSPS) is 10.9. The van der Waals surface area contributed by atoms with Gasteiger partial charge in [-0.1, -0.05) is 6.92 Å². The molecule has 20 heavy (non-hydrogen) atoms. The van der Waals surface area contributed by atoms with Crippen molar-refractivity contribution in [3.05, 3.63) is 36.4 Å². The average molecular weight is 268 g/mol. The minimum absolute atomic E-state index is 0.691. The average Bonchev–Trinajstić information content (AvgIpc) is 2.84. The monoisotopic (exact) mass is 268 g/mol. The summed E-state index contributed by atoms with van der Waals surface area (Å²) < 4.78 is 5.60. The van der Waals surface area contributed by atoms with Crippen molar-refractivity contribution in [3.8, 4) is 17.0 Å². The number of aromatic amines is 1. The third kappa shape index (κ3) is 2.47. The molecule has 0 aliphatic carbocycles. The van der Waals surface area contributed by atoms with Gasteiger partial charge in [0.15, 0.2) is 5.65 Å². The number of ether oxygens (including phenoxy) is 1. The number of rotatable bonds is 4. The van der Waals surface area contributed by atoms with Gasteiger partial charge in [0, 0.05) is 11.8 Å². The van der Waals surface area contributed by atoms with Gasteiger partial charge >= 0.3 is 0 Å². The maximum absolute atomic E-state index is 5.60. The summed E-state index contributed by atoms with van der Waals surface area (Å²) in [5.74, 6) is 1.63. The van der Waals surface area contributed by atoms with Gasteiger partial charge in [-0.2, -0.15) is 0 Å². The number of imidazole rings is 1. The van der Waals surface area contributed by atoms with Crippen molar-refractivity contribution < 1.29 is 4.74 Å². The fourth-order valence-electron chi connectivity index (χ4n) is 2.03. The second kappa shape index (κ2) is 5.28. The zero-order valence-electron chi connectivity index (χ0n) is 11.6. The Hall–Kier alpha value is -2.43. The molecule has 0 bridgehead atoms. The molecule has 0 unspecified atom stereocenters. The Morgan fingerprint density at radius 3 is 2.95 bits per heavy atom. The van der Waals surface area contributed by atoms with E-state index in [1.807, 2.05) is 25.1 Å². The zero-order chi connectivity index (χ0) is 13.9. The van der Waals surface area contributed by atoms with Gasteiger partial charge in [0.2, 0.25) is 0 Å². The summed E-state index contributed by atoms with van der Waals surface area (Å²) in [7, 11) is 0.